The van der Waals surface area contributed by atoms with Crippen LogP contribution in [0.5, 0.6) is 0 Å². The second-order valence-electron chi connectivity index (χ2n) is 7.70. The number of unbranched alkanes of at least 4 members (excludes halogenated alkanes) is 1. The maximum Gasteiger partial charge on any atom is 0.255 e. The fourth-order valence-electron chi connectivity index (χ4n) is 3.59. The first-order valence-electron chi connectivity index (χ1n) is 10.4. The minimum absolute atomic E-state index is 0.185. The van der Waals surface area contributed by atoms with Gasteiger partial charge in [-0.2, -0.15) is 4.31 Å². The number of aryl methyl sites for hydroxylation is 2. The van der Waals surface area contributed by atoms with Crippen molar-refractivity contribution in [3.8, 4) is 0 Å². The van der Waals surface area contributed by atoms with Crippen LogP contribution in [0.4, 0.5) is 5.69 Å². The minimum Gasteiger partial charge on any atom is -0.322 e. The zero-order valence-electron chi connectivity index (χ0n) is 17.3. The quantitative estimate of drug-likeness (QED) is 0.710. The summed E-state index contributed by atoms with van der Waals surface area (Å²) in [4.78, 5) is 13.0. The molecule has 3 rings (SSSR count). The van der Waals surface area contributed by atoms with Crippen LogP contribution in [0.3, 0.4) is 0 Å². The summed E-state index contributed by atoms with van der Waals surface area (Å²) in [5.41, 5.74) is 3.09. The molecule has 1 aliphatic heterocycles. The summed E-state index contributed by atoms with van der Waals surface area (Å²) in [5.74, 6) is -0.292. The Morgan fingerprint density at radius 2 is 1.72 bits per heavy atom. The molecular formula is C23H30N2O3S. The lowest BCUT2D eigenvalue weighted by atomic mass is 10.1. The normalized spacial score (nSPS) is 15.2. The number of nitrogens with one attached hydrogen (secondary N) is 1. The number of anilines is 1. The van der Waals surface area contributed by atoms with Gasteiger partial charge in [0.2, 0.25) is 10.0 Å². The van der Waals surface area contributed by atoms with Gasteiger partial charge in [-0.25, -0.2) is 8.42 Å². The molecule has 1 fully saturated rings. The van der Waals surface area contributed by atoms with Crippen molar-refractivity contribution in [2.75, 3.05) is 18.4 Å². The highest BCUT2D eigenvalue weighted by Crippen LogP contribution is 2.23. The Labute approximate surface area is 174 Å². The molecule has 0 aliphatic carbocycles. The number of amides is 1. The molecule has 1 saturated heterocycles. The topological polar surface area (TPSA) is 66.5 Å². The predicted molar refractivity (Wildman–Crippen MR) is 117 cm³/mol. The Morgan fingerprint density at radius 1 is 1.03 bits per heavy atom. The van der Waals surface area contributed by atoms with Gasteiger partial charge in [-0.1, -0.05) is 38.0 Å². The third kappa shape index (κ3) is 5.25. The summed E-state index contributed by atoms with van der Waals surface area (Å²) in [6, 6.07) is 12.6. The molecule has 2 aromatic carbocycles. The summed E-state index contributed by atoms with van der Waals surface area (Å²) < 4.78 is 27.4. The van der Waals surface area contributed by atoms with Gasteiger partial charge in [0.1, 0.15) is 0 Å². The van der Waals surface area contributed by atoms with Gasteiger partial charge in [0.25, 0.3) is 5.91 Å². The van der Waals surface area contributed by atoms with Crippen molar-refractivity contribution >= 4 is 21.6 Å². The molecule has 1 aliphatic rings. The van der Waals surface area contributed by atoms with E-state index in [1.54, 1.807) is 12.1 Å². The molecule has 1 heterocycles. The average molecular weight is 415 g/mol. The zero-order chi connectivity index (χ0) is 20.9. The zero-order valence-corrected chi connectivity index (χ0v) is 18.1. The van der Waals surface area contributed by atoms with Gasteiger partial charge in [-0.3, -0.25) is 4.79 Å². The van der Waals surface area contributed by atoms with E-state index in [0.717, 1.165) is 44.1 Å². The summed E-state index contributed by atoms with van der Waals surface area (Å²) in [6.07, 6.45) is 6.14. The lowest BCUT2D eigenvalue weighted by Gasteiger charge is -2.26. The lowest BCUT2D eigenvalue weighted by molar-refractivity contribution is 0.102. The third-order valence-electron chi connectivity index (χ3n) is 5.44. The van der Waals surface area contributed by atoms with E-state index >= 15 is 0 Å². The van der Waals surface area contributed by atoms with E-state index in [9.17, 15) is 13.2 Å². The molecule has 2 aromatic rings. The number of carbonyl (C=O) groups excluding carboxylic acids is 1. The first-order valence-corrected chi connectivity index (χ1v) is 11.9. The first kappa shape index (κ1) is 21.5. The standard InChI is InChI=1S/C23H30N2O3S/c1-3-4-8-19-10-12-20(13-11-19)24-23(26)22-17-21(14-9-18(22)2)29(27,28)25-15-6-5-7-16-25/h9-14,17H,3-8,15-16H2,1-2H3,(H,24,26). The smallest absolute Gasteiger partial charge is 0.255 e. The fourth-order valence-corrected chi connectivity index (χ4v) is 5.14. The highest BCUT2D eigenvalue weighted by Gasteiger charge is 2.27. The van der Waals surface area contributed by atoms with Gasteiger partial charge in [0.05, 0.1) is 4.90 Å². The average Bonchev–Trinajstić information content (AvgIpc) is 2.74. The Morgan fingerprint density at radius 3 is 2.38 bits per heavy atom. The number of rotatable bonds is 7. The number of hydrogen-bond donors (Lipinski definition) is 1. The molecule has 5 nitrogen and oxygen atoms in total. The van der Waals surface area contributed by atoms with Gasteiger partial charge in [-0.15, -0.1) is 0 Å². The Kier molecular flexibility index (Phi) is 7.09. The number of hydrogen-bond acceptors (Lipinski definition) is 3. The molecule has 29 heavy (non-hydrogen) atoms. The fraction of sp³-hybridized carbons (Fsp3) is 0.435. The van der Waals surface area contributed by atoms with Crippen molar-refractivity contribution in [2.24, 2.45) is 0 Å². The third-order valence-corrected chi connectivity index (χ3v) is 7.33. The van der Waals surface area contributed by atoms with Crippen LogP contribution in [-0.2, 0) is 16.4 Å². The van der Waals surface area contributed by atoms with E-state index in [2.05, 4.69) is 12.2 Å². The van der Waals surface area contributed by atoms with Crippen molar-refractivity contribution in [3.63, 3.8) is 0 Å². The van der Waals surface area contributed by atoms with Crippen molar-refractivity contribution in [1.82, 2.24) is 4.31 Å². The molecule has 0 saturated carbocycles. The van der Waals surface area contributed by atoms with Gasteiger partial charge in [0, 0.05) is 24.3 Å². The maximum atomic E-state index is 12.9. The van der Waals surface area contributed by atoms with Crippen LogP contribution in [0.1, 0.15) is 60.5 Å². The van der Waals surface area contributed by atoms with Crippen LogP contribution in [0.15, 0.2) is 47.4 Å². The molecule has 1 N–H and O–H groups in total. The molecule has 156 valence electrons. The van der Waals surface area contributed by atoms with Crippen LogP contribution < -0.4 is 5.32 Å². The van der Waals surface area contributed by atoms with Crippen LogP contribution in [0, 0.1) is 6.92 Å². The molecule has 0 spiro atoms. The van der Waals surface area contributed by atoms with E-state index in [4.69, 9.17) is 0 Å². The van der Waals surface area contributed by atoms with Gasteiger partial charge < -0.3 is 5.32 Å². The number of piperidine rings is 1. The molecule has 1 amide bonds. The summed E-state index contributed by atoms with van der Waals surface area (Å²) in [6.45, 7) is 5.07. The van der Waals surface area contributed by atoms with Crippen molar-refractivity contribution in [3.05, 3.63) is 59.2 Å². The minimum atomic E-state index is -3.57. The van der Waals surface area contributed by atoms with Gasteiger partial charge in [0.15, 0.2) is 0 Å². The number of carbonyl (C=O) groups is 1. The van der Waals surface area contributed by atoms with Crippen LogP contribution in [-0.4, -0.2) is 31.7 Å². The molecule has 0 aromatic heterocycles. The van der Waals surface area contributed by atoms with Crippen LogP contribution >= 0.6 is 0 Å². The summed E-state index contributed by atoms with van der Waals surface area (Å²) in [7, 11) is -3.57. The lowest BCUT2D eigenvalue weighted by Crippen LogP contribution is -2.35. The monoisotopic (exact) mass is 414 g/mol. The highest BCUT2D eigenvalue weighted by molar-refractivity contribution is 7.89. The van der Waals surface area contributed by atoms with E-state index in [1.165, 1.54) is 15.9 Å². The van der Waals surface area contributed by atoms with E-state index < -0.39 is 10.0 Å². The molecule has 0 unspecified atom stereocenters. The largest absolute Gasteiger partial charge is 0.322 e. The SMILES string of the molecule is CCCCc1ccc(NC(=O)c2cc(S(=O)(=O)N3CCCCC3)ccc2C)cc1. The molecule has 0 bridgehead atoms. The Bertz CT molecular complexity index is 947. The van der Waals surface area contributed by atoms with Crippen molar-refractivity contribution in [2.45, 2.75) is 57.3 Å². The molecule has 0 radical (unpaired) electrons. The summed E-state index contributed by atoms with van der Waals surface area (Å²) in [5, 5.41) is 2.89. The molecular weight excluding hydrogens is 384 g/mol. The van der Waals surface area contributed by atoms with E-state index in [0.29, 0.717) is 24.3 Å². The second kappa shape index (κ2) is 9.55. The molecule has 6 heteroatoms. The van der Waals surface area contributed by atoms with Gasteiger partial charge >= 0.3 is 0 Å². The van der Waals surface area contributed by atoms with E-state index in [1.807, 2.05) is 31.2 Å². The molecule has 0 atom stereocenters. The number of nitrogens with zero attached hydrogens (tertiary/aromatic N) is 1. The second-order valence-corrected chi connectivity index (χ2v) is 9.63. The summed E-state index contributed by atoms with van der Waals surface area (Å²) >= 11 is 0. The van der Waals surface area contributed by atoms with Gasteiger partial charge in [-0.05, 0) is 68.0 Å². The van der Waals surface area contributed by atoms with Crippen molar-refractivity contribution < 1.29 is 13.2 Å². The van der Waals surface area contributed by atoms with Crippen LogP contribution in [0.25, 0.3) is 0 Å². The van der Waals surface area contributed by atoms with E-state index in [-0.39, 0.29) is 10.8 Å². The maximum absolute atomic E-state index is 12.9. The van der Waals surface area contributed by atoms with Crippen molar-refractivity contribution in [1.29, 1.82) is 0 Å². The predicted octanol–water partition coefficient (Wildman–Crippen LogP) is 4.76. The highest BCUT2D eigenvalue weighted by atomic mass is 32.2. The first-order chi connectivity index (χ1) is 13.9. The number of sulfonamides is 1. The van der Waals surface area contributed by atoms with Crippen LogP contribution in [0.2, 0.25) is 0 Å². The number of benzene rings is 2. The Hall–Kier alpha value is -2.18. The Balaban J connectivity index is 1.77.